The minimum absolute atomic E-state index is 0.817. The molecule has 0 radical (unpaired) electrons. The fourth-order valence-corrected chi connectivity index (χ4v) is 2.95. The molecule has 0 unspecified atom stereocenters. The summed E-state index contributed by atoms with van der Waals surface area (Å²) < 4.78 is 0. The van der Waals surface area contributed by atoms with Gasteiger partial charge in [-0.1, -0.05) is 35.4 Å². The van der Waals surface area contributed by atoms with Gasteiger partial charge in [-0.2, -0.15) is 15.5 Å². The highest BCUT2D eigenvalue weighted by Gasteiger charge is 1.98. The van der Waals surface area contributed by atoms with Crippen LogP contribution in [0.15, 0.2) is 64.8 Å². The molecule has 0 N–H and O–H groups in total. The van der Waals surface area contributed by atoms with E-state index < -0.39 is 0 Å². The quantitative estimate of drug-likeness (QED) is 0.462. The number of aryl methyl sites for hydroxylation is 4. The molecule has 3 aromatic rings. The lowest BCUT2D eigenvalue weighted by Crippen LogP contribution is -1.69. The third kappa shape index (κ3) is 5.98. The molecule has 0 atom stereocenters. The fourth-order valence-electron chi connectivity index (χ4n) is 2.08. The molecule has 1 heterocycles. The largest absolute Gasteiger partial charge is 0.192 e. The first-order chi connectivity index (χ1) is 12.0. The van der Waals surface area contributed by atoms with Gasteiger partial charge in [-0.15, -0.1) is 11.3 Å². The number of thiophene rings is 1. The standard InChI is InChI=1S/C14H14N2.C7H7NS/c1-11-3-7-13(8-4-11)15-16-14-9-5-12(2)6-10-14;1-5-3-7(4-8)6(2)9-5/h3-10H,1-2H3;3H,1-2H3. The van der Waals surface area contributed by atoms with Gasteiger partial charge in [0.2, 0.25) is 0 Å². The number of nitrogens with zero attached hydrogens (tertiary/aromatic N) is 3. The lowest BCUT2D eigenvalue weighted by Gasteiger charge is -1.95. The van der Waals surface area contributed by atoms with Crippen LogP contribution in [0.1, 0.15) is 26.4 Å². The highest BCUT2D eigenvalue weighted by atomic mass is 32.1. The average Bonchev–Trinajstić information content (AvgIpc) is 2.94. The summed E-state index contributed by atoms with van der Waals surface area (Å²) in [5.41, 5.74) is 5.04. The smallest absolute Gasteiger partial charge is 0.100 e. The molecule has 0 saturated carbocycles. The van der Waals surface area contributed by atoms with Gasteiger partial charge in [-0.3, -0.25) is 0 Å². The minimum atomic E-state index is 0.817. The summed E-state index contributed by atoms with van der Waals surface area (Å²) in [6.07, 6.45) is 0. The molecular formula is C21H21N3S. The van der Waals surface area contributed by atoms with Crippen molar-refractivity contribution in [2.45, 2.75) is 27.7 Å². The van der Waals surface area contributed by atoms with Crippen molar-refractivity contribution in [3.63, 3.8) is 0 Å². The van der Waals surface area contributed by atoms with Crippen molar-refractivity contribution >= 4 is 22.7 Å². The van der Waals surface area contributed by atoms with Crippen LogP contribution in [0, 0.1) is 39.0 Å². The van der Waals surface area contributed by atoms with E-state index in [4.69, 9.17) is 5.26 Å². The van der Waals surface area contributed by atoms with Gasteiger partial charge in [0.05, 0.1) is 16.9 Å². The Morgan fingerprint density at radius 1 is 0.760 bits per heavy atom. The maximum atomic E-state index is 8.49. The molecule has 1 aromatic heterocycles. The topological polar surface area (TPSA) is 48.5 Å². The molecule has 0 fully saturated rings. The lowest BCUT2D eigenvalue weighted by atomic mass is 10.2. The van der Waals surface area contributed by atoms with Crippen LogP contribution >= 0.6 is 11.3 Å². The van der Waals surface area contributed by atoms with Crippen molar-refractivity contribution in [1.29, 1.82) is 5.26 Å². The van der Waals surface area contributed by atoms with Crippen LogP contribution in [0.5, 0.6) is 0 Å². The van der Waals surface area contributed by atoms with Crippen LogP contribution in [0.2, 0.25) is 0 Å². The first kappa shape index (κ1) is 18.6. The van der Waals surface area contributed by atoms with Gasteiger partial charge in [0, 0.05) is 9.75 Å². The summed E-state index contributed by atoms with van der Waals surface area (Å²) in [4.78, 5) is 2.33. The van der Waals surface area contributed by atoms with E-state index in [-0.39, 0.29) is 0 Å². The third-order valence-corrected chi connectivity index (χ3v) is 4.48. The van der Waals surface area contributed by atoms with Crippen molar-refractivity contribution in [3.8, 4) is 6.07 Å². The molecule has 3 rings (SSSR count). The second-order valence-electron chi connectivity index (χ2n) is 5.81. The monoisotopic (exact) mass is 347 g/mol. The number of benzene rings is 2. The highest BCUT2D eigenvalue weighted by Crippen LogP contribution is 2.19. The van der Waals surface area contributed by atoms with E-state index in [2.05, 4.69) is 30.1 Å². The third-order valence-electron chi connectivity index (χ3n) is 3.51. The predicted octanol–water partition coefficient (Wildman–Crippen LogP) is 6.96. The van der Waals surface area contributed by atoms with Crippen LogP contribution in [0.25, 0.3) is 0 Å². The maximum absolute atomic E-state index is 8.49. The average molecular weight is 347 g/mol. The van der Waals surface area contributed by atoms with Gasteiger partial charge in [0.15, 0.2) is 0 Å². The van der Waals surface area contributed by atoms with Crippen LogP contribution in [-0.2, 0) is 0 Å². The molecular weight excluding hydrogens is 326 g/mol. The second-order valence-corrected chi connectivity index (χ2v) is 7.27. The van der Waals surface area contributed by atoms with Crippen molar-refractivity contribution in [3.05, 3.63) is 81.0 Å². The molecule has 2 aromatic carbocycles. The van der Waals surface area contributed by atoms with Crippen molar-refractivity contribution < 1.29 is 0 Å². The molecule has 3 nitrogen and oxygen atoms in total. The normalized spacial score (nSPS) is 10.2. The minimum Gasteiger partial charge on any atom is -0.192 e. The summed E-state index contributed by atoms with van der Waals surface area (Å²) in [5.74, 6) is 0. The Labute approximate surface area is 153 Å². The molecule has 0 amide bonds. The summed E-state index contributed by atoms with van der Waals surface area (Å²) in [7, 11) is 0. The van der Waals surface area contributed by atoms with Gasteiger partial charge in [0.1, 0.15) is 6.07 Å². The highest BCUT2D eigenvalue weighted by molar-refractivity contribution is 7.12. The van der Waals surface area contributed by atoms with E-state index in [1.165, 1.54) is 16.0 Å². The number of rotatable bonds is 2. The Morgan fingerprint density at radius 2 is 1.20 bits per heavy atom. The van der Waals surface area contributed by atoms with Crippen molar-refractivity contribution in [2.24, 2.45) is 10.2 Å². The van der Waals surface area contributed by atoms with E-state index in [0.717, 1.165) is 21.8 Å². The molecule has 0 aliphatic carbocycles. The van der Waals surface area contributed by atoms with Crippen LogP contribution in [0.4, 0.5) is 11.4 Å². The molecule has 0 saturated heterocycles. The maximum Gasteiger partial charge on any atom is 0.100 e. The van der Waals surface area contributed by atoms with E-state index >= 15 is 0 Å². The van der Waals surface area contributed by atoms with Crippen molar-refractivity contribution in [1.82, 2.24) is 0 Å². The molecule has 0 spiro atoms. The zero-order chi connectivity index (χ0) is 18.2. The zero-order valence-corrected chi connectivity index (χ0v) is 15.8. The Kier molecular flexibility index (Phi) is 6.62. The number of hydrogen-bond acceptors (Lipinski definition) is 4. The molecule has 126 valence electrons. The molecule has 4 heteroatoms. The summed E-state index contributed by atoms with van der Waals surface area (Å²) in [5, 5.41) is 16.8. The van der Waals surface area contributed by atoms with E-state index in [1.54, 1.807) is 11.3 Å². The first-order valence-corrected chi connectivity index (χ1v) is 8.82. The predicted molar refractivity (Wildman–Crippen MR) is 105 cm³/mol. The second kappa shape index (κ2) is 8.91. The summed E-state index contributed by atoms with van der Waals surface area (Å²) >= 11 is 1.67. The summed E-state index contributed by atoms with van der Waals surface area (Å²) in [6, 6.07) is 20.0. The SMILES string of the molecule is Cc1cc(C#N)c(C)s1.Cc1ccc(N=Nc2ccc(C)cc2)cc1. The van der Waals surface area contributed by atoms with Gasteiger partial charge < -0.3 is 0 Å². The van der Waals surface area contributed by atoms with Gasteiger partial charge in [-0.05, 0) is 58.0 Å². The molecule has 0 aliphatic heterocycles. The number of hydrogen-bond donors (Lipinski definition) is 0. The molecule has 25 heavy (non-hydrogen) atoms. The van der Waals surface area contributed by atoms with E-state index in [0.29, 0.717) is 0 Å². The fraction of sp³-hybridized carbons (Fsp3) is 0.190. The zero-order valence-electron chi connectivity index (χ0n) is 14.9. The molecule has 0 bridgehead atoms. The number of azo groups is 1. The Hall–Kier alpha value is -2.77. The Bertz CT molecular complexity index is 835. The summed E-state index contributed by atoms with van der Waals surface area (Å²) in [6.45, 7) is 8.09. The van der Waals surface area contributed by atoms with Gasteiger partial charge >= 0.3 is 0 Å². The van der Waals surface area contributed by atoms with Crippen molar-refractivity contribution in [2.75, 3.05) is 0 Å². The van der Waals surface area contributed by atoms with Crippen LogP contribution in [-0.4, -0.2) is 0 Å². The van der Waals surface area contributed by atoms with Gasteiger partial charge in [-0.25, -0.2) is 0 Å². The van der Waals surface area contributed by atoms with E-state index in [9.17, 15) is 0 Å². The van der Waals surface area contributed by atoms with Gasteiger partial charge in [0.25, 0.3) is 0 Å². The Morgan fingerprint density at radius 3 is 1.48 bits per heavy atom. The lowest BCUT2D eigenvalue weighted by molar-refractivity contribution is 1.22. The van der Waals surface area contributed by atoms with Crippen LogP contribution < -0.4 is 0 Å². The first-order valence-electron chi connectivity index (χ1n) is 8.00. The number of nitriles is 1. The molecule has 0 aliphatic rings. The van der Waals surface area contributed by atoms with Crippen LogP contribution in [0.3, 0.4) is 0 Å². The van der Waals surface area contributed by atoms with E-state index in [1.807, 2.05) is 68.4 Å². The Balaban J connectivity index is 0.000000212.